The lowest BCUT2D eigenvalue weighted by molar-refractivity contribution is -0.525. The van der Waals surface area contributed by atoms with Crippen molar-refractivity contribution in [2.45, 2.75) is 51.6 Å². The number of ether oxygens (including phenoxy) is 1. The molecular formula is C15H28N6O5. The van der Waals surface area contributed by atoms with Crippen molar-refractivity contribution in [3.8, 4) is 0 Å². The second-order valence-corrected chi connectivity index (χ2v) is 6.31. The number of hydrazine groups is 1. The standard InChI is InChI=1S/C15H28N6O5/c1-3-26-14(23)12-9-10(2)6-8-20(12)13(22)11(16)5-4-7-18-15(17)19-21(24)25/h10-12H,3-9,16H2,1-2H3,(H3,17,18,19)/t10?,11-,12?/m1/s1. The van der Waals surface area contributed by atoms with Gasteiger partial charge in [-0.25, -0.2) is 19.9 Å². The van der Waals surface area contributed by atoms with Gasteiger partial charge in [0, 0.05) is 13.1 Å². The van der Waals surface area contributed by atoms with Crippen molar-refractivity contribution in [1.82, 2.24) is 10.3 Å². The lowest BCUT2D eigenvalue weighted by Gasteiger charge is -2.38. The molecule has 1 heterocycles. The van der Waals surface area contributed by atoms with Gasteiger partial charge in [-0.3, -0.25) is 4.79 Å². The maximum absolute atomic E-state index is 12.6. The Morgan fingerprint density at radius 1 is 1.50 bits per heavy atom. The molecule has 1 saturated heterocycles. The highest BCUT2D eigenvalue weighted by molar-refractivity contribution is 5.87. The van der Waals surface area contributed by atoms with E-state index in [1.807, 2.05) is 6.92 Å². The van der Waals surface area contributed by atoms with E-state index < -0.39 is 23.1 Å². The van der Waals surface area contributed by atoms with E-state index in [4.69, 9.17) is 16.2 Å². The minimum Gasteiger partial charge on any atom is -0.464 e. The number of rotatable bonds is 8. The summed E-state index contributed by atoms with van der Waals surface area (Å²) in [6.45, 7) is 4.69. The molecule has 3 atom stereocenters. The van der Waals surface area contributed by atoms with Crippen molar-refractivity contribution >= 4 is 17.8 Å². The van der Waals surface area contributed by atoms with Crippen molar-refractivity contribution in [2.24, 2.45) is 22.4 Å². The number of nitro groups is 1. The summed E-state index contributed by atoms with van der Waals surface area (Å²) in [4.78, 5) is 40.3. The monoisotopic (exact) mass is 372 g/mol. The molecule has 148 valence electrons. The van der Waals surface area contributed by atoms with Gasteiger partial charge < -0.3 is 21.1 Å². The summed E-state index contributed by atoms with van der Waals surface area (Å²) in [7, 11) is 0. The molecule has 0 radical (unpaired) electrons. The topological polar surface area (TPSA) is 166 Å². The Morgan fingerprint density at radius 3 is 2.81 bits per heavy atom. The Kier molecular flexibility index (Phi) is 8.76. The van der Waals surface area contributed by atoms with Crippen LogP contribution in [0, 0.1) is 16.0 Å². The van der Waals surface area contributed by atoms with Crippen molar-refractivity contribution in [1.29, 1.82) is 0 Å². The molecule has 2 unspecified atom stereocenters. The van der Waals surface area contributed by atoms with Gasteiger partial charge in [0.2, 0.25) is 5.91 Å². The number of nitrogens with two attached hydrogens (primary N) is 2. The first kappa shape index (κ1) is 21.6. The van der Waals surface area contributed by atoms with Crippen molar-refractivity contribution in [3.05, 3.63) is 10.1 Å². The molecule has 0 spiro atoms. The fraction of sp³-hybridized carbons (Fsp3) is 0.800. The molecule has 1 aliphatic heterocycles. The summed E-state index contributed by atoms with van der Waals surface area (Å²) in [6.07, 6.45) is 2.13. The molecule has 5 N–H and O–H groups in total. The average molecular weight is 372 g/mol. The largest absolute Gasteiger partial charge is 0.464 e. The Labute approximate surface area is 152 Å². The van der Waals surface area contributed by atoms with Crippen LogP contribution in [0.1, 0.15) is 39.5 Å². The zero-order valence-corrected chi connectivity index (χ0v) is 15.2. The van der Waals surface area contributed by atoms with Crippen LogP contribution in [0.4, 0.5) is 0 Å². The summed E-state index contributed by atoms with van der Waals surface area (Å²) in [5.41, 5.74) is 13.0. The van der Waals surface area contributed by atoms with Crippen LogP contribution in [0.25, 0.3) is 0 Å². The Bertz CT molecular complexity index is 541. The fourth-order valence-corrected chi connectivity index (χ4v) is 2.84. The molecule has 0 aromatic heterocycles. The molecule has 11 heteroatoms. The van der Waals surface area contributed by atoms with E-state index in [2.05, 4.69) is 4.99 Å². The minimum atomic E-state index is -0.805. The van der Waals surface area contributed by atoms with Crippen LogP contribution in [0.5, 0.6) is 0 Å². The molecule has 0 saturated carbocycles. The van der Waals surface area contributed by atoms with E-state index in [1.54, 1.807) is 12.3 Å². The number of aliphatic imine (C=N–C) groups is 1. The number of likely N-dealkylation sites (tertiary alicyclic amines) is 1. The summed E-state index contributed by atoms with van der Waals surface area (Å²) < 4.78 is 5.08. The highest BCUT2D eigenvalue weighted by Crippen LogP contribution is 2.24. The first-order chi connectivity index (χ1) is 12.3. The van der Waals surface area contributed by atoms with Crippen LogP contribution in [-0.4, -0.2) is 59.5 Å². The van der Waals surface area contributed by atoms with Crippen molar-refractivity contribution in [3.63, 3.8) is 0 Å². The van der Waals surface area contributed by atoms with Crippen molar-refractivity contribution in [2.75, 3.05) is 19.7 Å². The highest BCUT2D eigenvalue weighted by atomic mass is 16.7. The number of esters is 1. The maximum Gasteiger partial charge on any atom is 0.328 e. The van der Waals surface area contributed by atoms with E-state index in [0.717, 1.165) is 6.42 Å². The number of piperidine rings is 1. The average Bonchev–Trinajstić information content (AvgIpc) is 2.57. The third-order valence-corrected chi connectivity index (χ3v) is 4.18. The number of nitrogens with zero attached hydrogens (tertiary/aromatic N) is 3. The maximum atomic E-state index is 12.6. The SMILES string of the molecule is CCOC(=O)C1CC(C)CCN1C(=O)[C@H](N)CCCN=C(N)N[N+](=O)[O-]. The normalized spacial score (nSPS) is 21.8. The molecule has 0 aromatic carbocycles. The first-order valence-electron chi connectivity index (χ1n) is 8.69. The van der Waals surface area contributed by atoms with Gasteiger partial charge in [-0.05, 0) is 38.5 Å². The van der Waals surface area contributed by atoms with Crippen LogP contribution >= 0.6 is 0 Å². The predicted molar refractivity (Wildman–Crippen MR) is 94.4 cm³/mol. The zero-order valence-electron chi connectivity index (χ0n) is 15.2. The lowest BCUT2D eigenvalue weighted by atomic mass is 9.91. The number of hydrogen-bond donors (Lipinski definition) is 3. The summed E-state index contributed by atoms with van der Waals surface area (Å²) in [5.74, 6) is -0.670. The highest BCUT2D eigenvalue weighted by Gasteiger charge is 2.37. The van der Waals surface area contributed by atoms with E-state index in [0.29, 0.717) is 31.7 Å². The third kappa shape index (κ3) is 6.82. The number of hydrogen-bond acceptors (Lipinski definition) is 7. The Morgan fingerprint density at radius 2 is 2.19 bits per heavy atom. The van der Waals surface area contributed by atoms with Crippen LogP contribution < -0.4 is 16.9 Å². The number of carbonyl (C=O) groups excluding carboxylic acids is 2. The van der Waals surface area contributed by atoms with Gasteiger partial charge in [0.1, 0.15) is 6.04 Å². The Balaban J connectivity index is 2.56. The van der Waals surface area contributed by atoms with E-state index in [1.165, 1.54) is 4.90 Å². The molecule has 0 aliphatic carbocycles. The van der Waals surface area contributed by atoms with Gasteiger partial charge in [0.15, 0.2) is 5.03 Å². The van der Waals surface area contributed by atoms with Crippen LogP contribution in [0.15, 0.2) is 4.99 Å². The van der Waals surface area contributed by atoms with Crippen molar-refractivity contribution < 1.29 is 19.4 Å². The molecule has 0 aromatic rings. The van der Waals surface area contributed by atoms with E-state index in [9.17, 15) is 19.7 Å². The van der Waals surface area contributed by atoms with Gasteiger partial charge in [0.05, 0.1) is 12.6 Å². The molecule has 11 nitrogen and oxygen atoms in total. The molecule has 1 aliphatic rings. The summed E-state index contributed by atoms with van der Waals surface area (Å²) >= 11 is 0. The van der Waals surface area contributed by atoms with Crippen LogP contribution in [-0.2, 0) is 14.3 Å². The zero-order chi connectivity index (χ0) is 19.7. The molecule has 1 rings (SSSR count). The molecular weight excluding hydrogens is 344 g/mol. The van der Waals surface area contributed by atoms with Crippen LogP contribution in [0.2, 0.25) is 0 Å². The third-order valence-electron chi connectivity index (χ3n) is 4.18. The fourth-order valence-electron chi connectivity index (χ4n) is 2.84. The molecule has 1 fully saturated rings. The number of nitrogens with one attached hydrogen (secondary N) is 1. The number of guanidine groups is 1. The molecule has 26 heavy (non-hydrogen) atoms. The minimum absolute atomic E-state index is 0.200. The molecule has 0 bridgehead atoms. The summed E-state index contributed by atoms with van der Waals surface area (Å²) in [5, 5.41) is 9.39. The van der Waals surface area contributed by atoms with Crippen LogP contribution in [0.3, 0.4) is 0 Å². The number of carbonyl (C=O) groups is 2. The number of amides is 1. The van der Waals surface area contributed by atoms with Gasteiger partial charge in [-0.2, -0.15) is 0 Å². The predicted octanol–water partition coefficient (Wildman–Crippen LogP) is -0.620. The lowest BCUT2D eigenvalue weighted by Crippen LogP contribution is -2.55. The van der Waals surface area contributed by atoms with Gasteiger partial charge >= 0.3 is 5.97 Å². The summed E-state index contributed by atoms with van der Waals surface area (Å²) in [6, 6.07) is -1.38. The molecule has 1 amide bonds. The second-order valence-electron chi connectivity index (χ2n) is 6.31. The quantitative estimate of drug-likeness (QED) is 0.127. The van der Waals surface area contributed by atoms with Gasteiger partial charge in [0.25, 0.3) is 5.96 Å². The first-order valence-corrected chi connectivity index (χ1v) is 8.69. The Hall–Kier alpha value is -2.43. The van der Waals surface area contributed by atoms with E-state index in [-0.39, 0.29) is 25.0 Å². The van der Waals surface area contributed by atoms with Gasteiger partial charge in [-0.15, -0.1) is 0 Å². The second kappa shape index (κ2) is 10.5. The van der Waals surface area contributed by atoms with Gasteiger partial charge in [-0.1, -0.05) is 12.3 Å². The smallest absolute Gasteiger partial charge is 0.328 e. The van der Waals surface area contributed by atoms with E-state index >= 15 is 0 Å².